The second kappa shape index (κ2) is 3.84. The number of amides is 2. The zero-order valence-electron chi connectivity index (χ0n) is 5.97. The second-order valence-electron chi connectivity index (χ2n) is 1.96. The van der Waals surface area contributed by atoms with E-state index in [1.165, 1.54) is 13.8 Å². The van der Waals surface area contributed by atoms with Gasteiger partial charge in [0.1, 0.15) is 0 Å². The molecule has 0 bridgehead atoms. The molecule has 0 aromatic carbocycles. The van der Waals surface area contributed by atoms with Gasteiger partial charge in [-0.15, -0.1) is 0 Å². The van der Waals surface area contributed by atoms with Crippen molar-refractivity contribution in [1.82, 2.24) is 10.9 Å². The summed E-state index contributed by atoms with van der Waals surface area (Å²) in [5.74, 6) is -0.732. The summed E-state index contributed by atoms with van der Waals surface area (Å²) in [7, 11) is 0. The van der Waals surface area contributed by atoms with Crippen molar-refractivity contribution in [1.29, 1.82) is 0 Å². The predicted octanol–water partition coefficient (Wildman–Crippen LogP) is -1.50. The van der Waals surface area contributed by atoms with Crippen LogP contribution in [-0.2, 0) is 9.59 Å². The van der Waals surface area contributed by atoms with Gasteiger partial charge in [0.05, 0.1) is 6.04 Å². The average molecular weight is 145 g/mol. The summed E-state index contributed by atoms with van der Waals surface area (Å²) in [6.07, 6.45) is 0. The molecule has 10 heavy (non-hydrogen) atoms. The molecule has 2 amide bonds. The van der Waals surface area contributed by atoms with Crippen LogP contribution in [0.2, 0.25) is 0 Å². The van der Waals surface area contributed by atoms with Crippen LogP contribution in [0, 0.1) is 0 Å². The lowest BCUT2D eigenvalue weighted by Gasteiger charge is -2.06. The first kappa shape index (κ1) is 8.90. The Balaban J connectivity index is 3.50. The topological polar surface area (TPSA) is 84.2 Å². The Morgan fingerprint density at radius 1 is 1.40 bits per heavy atom. The summed E-state index contributed by atoms with van der Waals surface area (Å²) in [6, 6.07) is -0.605. The molecule has 0 aromatic heterocycles. The number of nitrogens with one attached hydrogen (secondary N) is 2. The third-order valence-electron chi connectivity index (χ3n) is 0.775. The Morgan fingerprint density at radius 3 is 2.20 bits per heavy atom. The molecule has 0 fully saturated rings. The third-order valence-corrected chi connectivity index (χ3v) is 0.775. The van der Waals surface area contributed by atoms with Crippen molar-refractivity contribution < 1.29 is 9.59 Å². The van der Waals surface area contributed by atoms with Crippen molar-refractivity contribution in [2.24, 2.45) is 5.73 Å². The number of carbonyl (C=O) groups is 2. The Kier molecular flexibility index (Phi) is 3.42. The van der Waals surface area contributed by atoms with Crippen molar-refractivity contribution in [2.45, 2.75) is 19.9 Å². The first-order valence-electron chi connectivity index (χ1n) is 2.86. The van der Waals surface area contributed by atoms with Gasteiger partial charge >= 0.3 is 0 Å². The Morgan fingerprint density at radius 2 is 1.90 bits per heavy atom. The molecule has 4 N–H and O–H groups in total. The maximum Gasteiger partial charge on any atom is 0.254 e. The highest BCUT2D eigenvalue weighted by atomic mass is 16.2. The van der Waals surface area contributed by atoms with Gasteiger partial charge in [-0.3, -0.25) is 20.4 Å². The van der Waals surface area contributed by atoms with Crippen LogP contribution < -0.4 is 16.6 Å². The fourth-order valence-electron chi connectivity index (χ4n) is 0.263. The first-order valence-corrected chi connectivity index (χ1v) is 2.86. The zero-order chi connectivity index (χ0) is 8.15. The summed E-state index contributed by atoms with van der Waals surface area (Å²) < 4.78 is 0. The molecule has 0 saturated heterocycles. The number of nitrogens with two attached hydrogens (primary N) is 1. The SMILES string of the molecule is CC(=O)NNC(=O)C(C)N. The van der Waals surface area contributed by atoms with Gasteiger partial charge < -0.3 is 5.73 Å². The van der Waals surface area contributed by atoms with Gasteiger partial charge in [0, 0.05) is 6.92 Å². The minimum Gasteiger partial charge on any atom is -0.320 e. The maximum atomic E-state index is 10.6. The van der Waals surface area contributed by atoms with E-state index in [-0.39, 0.29) is 5.91 Å². The van der Waals surface area contributed by atoms with Crippen molar-refractivity contribution in [3.63, 3.8) is 0 Å². The molecule has 0 rings (SSSR count). The average Bonchev–Trinajstić information content (AvgIpc) is 1.82. The van der Waals surface area contributed by atoms with E-state index < -0.39 is 11.9 Å². The van der Waals surface area contributed by atoms with E-state index in [0.29, 0.717) is 0 Å². The fourth-order valence-corrected chi connectivity index (χ4v) is 0.263. The molecule has 1 unspecified atom stereocenters. The summed E-state index contributed by atoms with van der Waals surface area (Å²) in [5.41, 5.74) is 9.39. The highest BCUT2D eigenvalue weighted by Crippen LogP contribution is 1.70. The van der Waals surface area contributed by atoms with Crippen LogP contribution in [0.25, 0.3) is 0 Å². The van der Waals surface area contributed by atoms with E-state index in [4.69, 9.17) is 5.73 Å². The van der Waals surface area contributed by atoms with E-state index >= 15 is 0 Å². The van der Waals surface area contributed by atoms with Crippen LogP contribution in [0.4, 0.5) is 0 Å². The van der Waals surface area contributed by atoms with E-state index in [0.717, 1.165) is 0 Å². The minimum atomic E-state index is -0.605. The number of rotatable bonds is 1. The van der Waals surface area contributed by atoms with Crippen molar-refractivity contribution in [3.05, 3.63) is 0 Å². The lowest BCUT2D eigenvalue weighted by Crippen LogP contribution is -2.47. The summed E-state index contributed by atoms with van der Waals surface area (Å²) in [5, 5.41) is 0. The molecule has 5 nitrogen and oxygen atoms in total. The lowest BCUT2D eigenvalue weighted by molar-refractivity contribution is -0.128. The summed E-state index contributed by atoms with van der Waals surface area (Å²) in [6.45, 7) is 2.82. The van der Waals surface area contributed by atoms with E-state index in [2.05, 4.69) is 10.9 Å². The molecule has 58 valence electrons. The minimum absolute atomic E-state index is 0.325. The van der Waals surface area contributed by atoms with Gasteiger partial charge in [0.2, 0.25) is 5.91 Å². The molecule has 5 heteroatoms. The largest absolute Gasteiger partial charge is 0.320 e. The van der Waals surface area contributed by atoms with Crippen LogP contribution >= 0.6 is 0 Å². The van der Waals surface area contributed by atoms with Gasteiger partial charge in [0.15, 0.2) is 0 Å². The van der Waals surface area contributed by atoms with Crippen LogP contribution in [0.15, 0.2) is 0 Å². The van der Waals surface area contributed by atoms with Crippen LogP contribution in [-0.4, -0.2) is 17.9 Å². The third kappa shape index (κ3) is 3.85. The maximum absolute atomic E-state index is 10.6. The monoisotopic (exact) mass is 145 g/mol. The van der Waals surface area contributed by atoms with Crippen molar-refractivity contribution in [3.8, 4) is 0 Å². The Labute approximate surface area is 58.9 Å². The number of hydrogen-bond donors (Lipinski definition) is 3. The zero-order valence-corrected chi connectivity index (χ0v) is 5.97. The normalized spacial score (nSPS) is 11.9. The first-order chi connectivity index (χ1) is 4.54. The second-order valence-corrected chi connectivity index (χ2v) is 1.96. The molecule has 0 spiro atoms. The summed E-state index contributed by atoms with van der Waals surface area (Å²) >= 11 is 0. The van der Waals surface area contributed by atoms with Crippen LogP contribution in [0.5, 0.6) is 0 Å². The van der Waals surface area contributed by atoms with Gasteiger partial charge in [0.25, 0.3) is 5.91 Å². The molecule has 0 saturated carbocycles. The molecule has 0 aromatic rings. The summed E-state index contributed by atoms with van der Waals surface area (Å²) in [4.78, 5) is 20.8. The lowest BCUT2D eigenvalue weighted by atomic mass is 10.3. The van der Waals surface area contributed by atoms with E-state index in [9.17, 15) is 9.59 Å². The van der Waals surface area contributed by atoms with Gasteiger partial charge in [-0.25, -0.2) is 0 Å². The molecule has 0 aliphatic rings. The molecule has 0 radical (unpaired) electrons. The molecular weight excluding hydrogens is 134 g/mol. The molecule has 1 atom stereocenters. The van der Waals surface area contributed by atoms with Crippen LogP contribution in [0.3, 0.4) is 0 Å². The highest BCUT2D eigenvalue weighted by molar-refractivity contribution is 5.83. The fraction of sp³-hybridized carbons (Fsp3) is 0.600. The van der Waals surface area contributed by atoms with Gasteiger partial charge in [-0.05, 0) is 6.92 Å². The standard InChI is InChI=1S/C5H11N3O2/c1-3(6)5(10)8-7-4(2)9/h3H,6H2,1-2H3,(H,7,9)(H,8,10). The van der Waals surface area contributed by atoms with E-state index in [1.54, 1.807) is 0 Å². The van der Waals surface area contributed by atoms with Gasteiger partial charge in [-0.1, -0.05) is 0 Å². The Bertz CT molecular complexity index is 144. The predicted molar refractivity (Wildman–Crippen MR) is 35.6 cm³/mol. The highest BCUT2D eigenvalue weighted by Gasteiger charge is 2.05. The van der Waals surface area contributed by atoms with Crippen LogP contribution in [0.1, 0.15) is 13.8 Å². The number of hydrazine groups is 1. The molecule has 0 aliphatic carbocycles. The smallest absolute Gasteiger partial charge is 0.254 e. The molecular formula is C5H11N3O2. The quantitative estimate of drug-likeness (QED) is 0.393. The Hall–Kier alpha value is -1.10. The molecule has 0 heterocycles. The van der Waals surface area contributed by atoms with Gasteiger partial charge in [-0.2, -0.15) is 0 Å². The van der Waals surface area contributed by atoms with E-state index in [1.807, 2.05) is 0 Å². The number of hydrogen-bond acceptors (Lipinski definition) is 3. The number of carbonyl (C=O) groups excluding carboxylic acids is 2. The van der Waals surface area contributed by atoms with Crippen molar-refractivity contribution >= 4 is 11.8 Å². The van der Waals surface area contributed by atoms with Crippen molar-refractivity contribution in [2.75, 3.05) is 0 Å². The molecule has 0 aliphatic heterocycles.